The zero-order valence-electron chi connectivity index (χ0n) is 10.5. The fraction of sp³-hybridized carbons (Fsp3) is 0.143. The molecule has 5 heteroatoms. The van der Waals surface area contributed by atoms with Crippen molar-refractivity contribution in [1.82, 2.24) is 9.47 Å². The molecule has 1 aromatic carbocycles. The predicted molar refractivity (Wildman–Crippen MR) is 70.5 cm³/mol. The summed E-state index contributed by atoms with van der Waals surface area (Å²) in [5.74, 6) is -0.599. The van der Waals surface area contributed by atoms with E-state index < -0.39 is 0 Å². The number of imide groups is 1. The molecule has 2 N–H and O–H groups in total. The lowest BCUT2D eigenvalue weighted by Gasteiger charge is -2.12. The third kappa shape index (κ3) is 1.71. The van der Waals surface area contributed by atoms with Crippen molar-refractivity contribution < 1.29 is 9.59 Å². The Bertz CT molecular complexity index is 688. The van der Waals surface area contributed by atoms with Crippen LogP contribution in [0.4, 0.5) is 5.69 Å². The van der Waals surface area contributed by atoms with Gasteiger partial charge in [-0.25, -0.2) is 0 Å². The first-order valence-corrected chi connectivity index (χ1v) is 5.93. The van der Waals surface area contributed by atoms with Gasteiger partial charge in [-0.1, -0.05) is 6.07 Å². The van der Waals surface area contributed by atoms with Crippen molar-refractivity contribution in [2.24, 2.45) is 7.05 Å². The van der Waals surface area contributed by atoms with Gasteiger partial charge in [0.05, 0.1) is 17.7 Å². The minimum Gasteiger partial charge on any atom is -0.398 e. The highest BCUT2D eigenvalue weighted by Crippen LogP contribution is 2.28. The average molecular weight is 255 g/mol. The molecule has 0 atom stereocenters. The van der Waals surface area contributed by atoms with Crippen LogP contribution in [0.15, 0.2) is 36.7 Å². The Hall–Kier alpha value is -2.56. The summed E-state index contributed by atoms with van der Waals surface area (Å²) < 4.78 is 1.88. The first-order chi connectivity index (χ1) is 9.08. The van der Waals surface area contributed by atoms with Gasteiger partial charge >= 0.3 is 0 Å². The number of nitrogens with zero attached hydrogens (tertiary/aromatic N) is 2. The fourth-order valence-electron chi connectivity index (χ4n) is 2.34. The summed E-state index contributed by atoms with van der Waals surface area (Å²) in [6.45, 7) is 0.270. The second kappa shape index (κ2) is 3.98. The van der Waals surface area contributed by atoms with E-state index in [2.05, 4.69) is 0 Å². The Morgan fingerprint density at radius 3 is 2.58 bits per heavy atom. The summed E-state index contributed by atoms with van der Waals surface area (Å²) in [5, 5.41) is 0. The van der Waals surface area contributed by atoms with Gasteiger partial charge in [-0.15, -0.1) is 0 Å². The number of nitrogen functional groups attached to an aromatic ring is 1. The van der Waals surface area contributed by atoms with Crippen molar-refractivity contribution in [2.75, 3.05) is 5.73 Å². The number of amides is 2. The lowest BCUT2D eigenvalue weighted by atomic mass is 10.1. The molecule has 1 aliphatic rings. The normalized spacial score (nSPS) is 14.1. The van der Waals surface area contributed by atoms with E-state index in [0.29, 0.717) is 16.8 Å². The number of hydrogen-bond acceptors (Lipinski definition) is 3. The first-order valence-electron chi connectivity index (χ1n) is 5.93. The third-order valence-electron chi connectivity index (χ3n) is 3.27. The molecular weight excluding hydrogens is 242 g/mol. The van der Waals surface area contributed by atoms with Crippen molar-refractivity contribution in [2.45, 2.75) is 6.54 Å². The molecule has 1 aromatic heterocycles. The van der Waals surface area contributed by atoms with Crippen molar-refractivity contribution >= 4 is 17.5 Å². The van der Waals surface area contributed by atoms with Crippen LogP contribution in [-0.4, -0.2) is 21.3 Å². The number of carbonyl (C=O) groups excluding carboxylic acids is 2. The van der Waals surface area contributed by atoms with Crippen LogP contribution in [0.1, 0.15) is 26.3 Å². The molecule has 0 spiro atoms. The molecule has 2 amide bonds. The minimum atomic E-state index is -0.318. The molecule has 0 aliphatic carbocycles. The number of fused-ring (bicyclic) bond motifs is 1. The van der Waals surface area contributed by atoms with Crippen molar-refractivity contribution in [3.05, 3.63) is 53.3 Å². The molecule has 0 unspecified atom stereocenters. The molecule has 0 fully saturated rings. The van der Waals surface area contributed by atoms with Crippen molar-refractivity contribution in [1.29, 1.82) is 0 Å². The maximum absolute atomic E-state index is 12.3. The Morgan fingerprint density at radius 1 is 1.16 bits per heavy atom. The van der Waals surface area contributed by atoms with E-state index in [-0.39, 0.29) is 18.4 Å². The molecule has 0 saturated carbocycles. The van der Waals surface area contributed by atoms with Crippen LogP contribution in [0.3, 0.4) is 0 Å². The molecule has 2 heterocycles. The number of carbonyl (C=O) groups is 2. The van der Waals surface area contributed by atoms with Gasteiger partial charge in [-0.3, -0.25) is 14.5 Å². The smallest absolute Gasteiger partial charge is 0.263 e. The number of nitrogens with two attached hydrogens (primary N) is 1. The van der Waals surface area contributed by atoms with Gasteiger partial charge in [-0.2, -0.15) is 0 Å². The summed E-state index contributed by atoms with van der Waals surface area (Å²) in [6, 6.07) is 6.84. The molecule has 3 rings (SSSR count). The van der Waals surface area contributed by atoms with Gasteiger partial charge in [-0.05, 0) is 23.8 Å². The molecule has 2 aromatic rings. The van der Waals surface area contributed by atoms with E-state index in [1.165, 1.54) is 4.90 Å². The quantitative estimate of drug-likeness (QED) is 0.651. The third-order valence-corrected chi connectivity index (χ3v) is 3.27. The minimum absolute atomic E-state index is 0.270. The van der Waals surface area contributed by atoms with Crippen LogP contribution in [0.2, 0.25) is 0 Å². The van der Waals surface area contributed by atoms with Crippen molar-refractivity contribution in [3.8, 4) is 0 Å². The molecule has 0 saturated heterocycles. The summed E-state index contributed by atoms with van der Waals surface area (Å²) in [6.07, 6.45) is 3.76. The van der Waals surface area contributed by atoms with E-state index in [0.717, 1.165) is 5.56 Å². The number of hydrogen-bond donors (Lipinski definition) is 1. The molecule has 5 nitrogen and oxygen atoms in total. The summed E-state index contributed by atoms with van der Waals surface area (Å²) >= 11 is 0. The van der Waals surface area contributed by atoms with Gasteiger partial charge < -0.3 is 10.3 Å². The van der Waals surface area contributed by atoms with E-state index >= 15 is 0 Å². The van der Waals surface area contributed by atoms with Crippen molar-refractivity contribution in [3.63, 3.8) is 0 Å². The molecule has 1 aliphatic heterocycles. The predicted octanol–water partition coefficient (Wildman–Crippen LogP) is 1.40. The standard InChI is InChI=1S/C14H13N3O2/c1-16-6-5-9(7-16)8-17-13(18)10-3-2-4-11(15)12(10)14(17)19/h2-7H,8,15H2,1H3. The Kier molecular flexibility index (Phi) is 2.41. The van der Waals surface area contributed by atoms with Gasteiger partial charge in [0.25, 0.3) is 11.8 Å². The summed E-state index contributed by atoms with van der Waals surface area (Å²) in [7, 11) is 1.89. The number of aromatic nitrogens is 1. The Morgan fingerprint density at radius 2 is 1.95 bits per heavy atom. The lowest BCUT2D eigenvalue weighted by Crippen LogP contribution is -2.29. The number of rotatable bonds is 2. The number of aryl methyl sites for hydroxylation is 1. The summed E-state index contributed by atoms with van der Waals surface area (Å²) in [5.41, 5.74) is 7.76. The second-order valence-corrected chi connectivity index (χ2v) is 4.65. The maximum atomic E-state index is 12.3. The molecule has 19 heavy (non-hydrogen) atoms. The van der Waals surface area contributed by atoms with Crippen LogP contribution in [0.25, 0.3) is 0 Å². The van der Waals surface area contributed by atoms with Crippen LogP contribution < -0.4 is 5.73 Å². The molecule has 96 valence electrons. The highest BCUT2D eigenvalue weighted by molar-refractivity contribution is 6.23. The molecule has 0 bridgehead atoms. The zero-order chi connectivity index (χ0) is 13.6. The van der Waals surface area contributed by atoms with Crippen LogP contribution in [-0.2, 0) is 13.6 Å². The second-order valence-electron chi connectivity index (χ2n) is 4.65. The Balaban J connectivity index is 1.97. The highest BCUT2D eigenvalue weighted by Gasteiger charge is 2.36. The van der Waals surface area contributed by atoms with E-state index in [9.17, 15) is 9.59 Å². The monoisotopic (exact) mass is 255 g/mol. The largest absolute Gasteiger partial charge is 0.398 e. The van der Waals surface area contributed by atoms with Crippen LogP contribution in [0, 0.1) is 0 Å². The van der Waals surface area contributed by atoms with Crippen LogP contribution in [0.5, 0.6) is 0 Å². The number of benzene rings is 1. The highest BCUT2D eigenvalue weighted by atomic mass is 16.2. The first kappa shape index (κ1) is 11.5. The van der Waals surface area contributed by atoms with E-state index in [1.54, 1.807) is 18.2 Å². The maximum Gasteiger partial charge on any atom is 0.263 e. The van der Waals surface area contributed by atoms with Gasteiger partial charge in [0.15, 0.2) is 0 Å². The molecule has 0 radical (unpaired) electrons. The topological polar surface area (TPSA) is 68.3 Å². The summed E-state index contributed by atoms with van der Waals surface area (Å²) in [4.78, 5) is 25.7. The fourth-order valence-corrected chi connectivity index (χ4v) is 2.34. The van der Waals surface area contributed by atoms with E-state index in [1.807, 2.05) is 30.1 Å². The van der Waals surface area contributed by atoms with Gasteiger partial charge in [0.2, 0.25) is 0 Å². The van der Waals surface area contributed by atoms with E-state index in [4.69, 9.17) is 5.73 Å². The number of anilines is 1. The van der Waals surface area contributed by atoms with Gasteiger partial charge in [0, 0.05) is 25.1 Å². The lowest BCUT2D eigenvalue weighted by molar-refractivity contribution is 0.0642. The van der Waals surface area contributed by atoms with Crippen LogP contribution >= 0.6 is 0 Å². The Labute approximate surface area is 110 Å². The average Bonchev–Trinajstić information content (AvgIpc) is 2.88. The SMILES string of the molecule is Cn1ccc(CN2C(=O)c3cccc(N)c3C2=O)c1. The zero-order valence-corrected chi connectivity index (χ0v) is 10.5. The molecular formula is C14H13N3O2. The van der Waals surface area contributed by atoms with Gasteiger partial charge in [0.1, 0.15) is 0 Å².